The average Bonchev–Trinajstić information content (AvgIpc) is 2.53. The largest absolute Gasteiger partial charge is 0.352 e. The number of thioether (sulfide) groups is 1. The number of rotatable bonds is 4. The van der Waals surface area contributed by atoms with Gasteiger partial charge in [0, 0.05) is 24.1 Å². The average molecular weight is 290 g/mol. The second-order valence-electron chi connectivity index (χ2n) is 4.99. The van der Waals surface area contributed by atoms with Gasteiger partial charge in [0.25, 0.3) is 0 Å². The summed E-state index contributed by atoms with van der Waals surface area (Å²) in [5.41, 5.74) is 2.78. The summed E-state index contributed by atoms with van der Waals surface area (Å²) in [7, 11) is 0. The van der Waals surface area contributed by atoms with Gasteiger partial charge >= 0.3 is 0 Å². The molecule has 1 aromatic rings. The molecule has 1 unspecified atom stereocenters. The third kappa shape index (κ3) is 2.90. The summed E-state index contributed by atoms with van der Waals surface area (Å²) >= 11 is 2.02. The monoisotopic (exact) mass is 290 g/mol. The molecule has 1 atom stereocenters. The van der Waals surface area contributed by atoms with Crippen LogP contribution in [-0.2, 0) is 12.8 Å². The molecule has 1 aliphatic rings. The molecule has 1 aromatic heterocycles. The molecular weight excluding hydrogens is 268 g/mol. The number of aryl methyl sites for hydroxylation is 1. The predicted octanol–water partition coefficient (Wildman–Crippen LogP) is 2.80. The summed E-state index contributed by atoms with van der Waals surface area (Å²) in [4.78, 5) is 2.24. The van der Waals surface area contributed by atoms with Crippen LogP contribution in [0.2, 0.25) is 0 Å². The zero-order valence-corrected chi connectivity index (χ0v) is 13.3. The van der Waals surface area contributed by atoms with Crippen LogP contribution in [0.15, 0.2) is 0 Å². The van der Waals surface area contributed by atoms with Crippen LogP contribution >= 0.6 is 11.8 Å². The first kappa shape index (κ1) is 15.1. The lowest BCUT2D eigenvalue weighted by Gasteiger charge is -2.33. The Kier molecular flexibility index (Phi) is 5.24. The maximum atomic E-state index is 9.55. The zero-order chi connectivity index (χ0) is 14.5. The van der Waals surface area contributed by atoms with Crippen molar-refractivity contribution in [3.8, 4) is 6.07 Å². The van der Waals surface area contributed by atoms with Crippen molar-refractivity contribution in [2.45, 2.75) is 45.3 Å². The number of hydrogen-bond donors (Lipinski definition) is 0. The third-order valence-electron chi connectivity index (χ3n) is 3.83. The Morgan fingerprint density at radius 1 is 1.30 bits per heavy atom. The molecule has 0 spiro atoms. The fraction of sp³-hybridized carbons (Fsp3) is 0.667. The third-order valence-corrected chi connectivity index (χ3v) is 5.21. The van der Waals surface area contributed by atoms with Gasteiger partial charge in [-0.25, -0.2) is 0 Å². The van der Waals surface area contributed by atoms with Crippen molar-refractivity contribution in [2.75, 3.05) is 23.7 Å². The van der Waals surface area contributed by atoms with Crippen LogP contribution in [0.1, 0.15) is 44.0 Å². The molecule has 0 bridgehead atoms. The fourth-order valence-electron chi connectivity index (χ4n) is 2.66. The minimum Gasteiger partial charge on any atom is -0.352 e. The lowest BCUT2D eigenvalue weighted by atomic mass is 10.0. The van der Waals surface area contributed by atoms with E-state index < -0.39 is 0 Å². The normalized spacial score (nSPS) is 18.9. The molecule has 5 heteroatoms. The summed E-state index contributed by atoms with van der Waals surface area (Å²) in [6.07, 6.45) is 2.83. The lowest BCUT2D eigenvalue weighted by Crippen LogP contribution is -2.39. The predicted molar refractivity (Wildman–Crippen MR) is 84.3 cm³/mol. The van der Waals surface area contributed by atoms with E-state index in [2.05, 4.69) is 41.9 Å². The Morgan fingerprint density at radius 3 is 2.70 bits per heavy atom. The first-order valence-corrected chi connectivity index (χ1v) is 8.44. The molecule has 0 radical (unpaired) electrons. The van der Waals surface area contributed by atoms with E-state index in [-0.39, 0.29) is 0 Å². The van der Waals surface area contributed by atoms with Gasteiger partial charge in [0.05, 0.1) is 5.69 Å². The number of hydrogen-bond acceptors (Lipinski definition) is 5. The van der Waals surface area contributed by atoms with Crippen molar-refractivity contribution >= 4 is 17.6 Å². The molecule has 2 rings (SSSR count). The fourth-order valence-corrected chi connectivity index (χ4v) is 3.84. The van der Waals surface area contributed by atoms with E-state index in [1.807, 2.05) is 11.8 Å². The summed E-state index contributed by atoms with van der Waals surface area (Å²) in [5.74, 6) is 1.89. The smallest absolute Gasteiger partial charge is 0.169 e. The topological polar surface area (TPSA) is 52.8 Å². The molecule has 0 amide bonds. The highest BCUT2D eigenvalue weighted by Gasteiger charge is 2.24. The molecular formula is C15H22N4S. The summed E-state index contributed by atoms with van der Waals surface area (Å²) in [6, 6.07) is 2.37. The first-order valence-electron chi connectivity index (χ1n) is 7.40. The highest BCUT2D eigenvalue weighted by Crippen LogP contribution is 2.28. The van der Waals surface area contributed by atoms with Crippen molar-refractivity contribution in [3.63, 3.8) is 0 Å². The summed E-state index contributed by atoms with van der Waals surface area (Å²) in [6.45, 7) is 8.30. The van der Waals surface area contributed by atoms with Gasteiger partial charge in [0.1, 0.15) is 11.6 Å². The van der Waals surface area contributed by atoms with Crippen molar-refractivity contribution in [2.24, 2.45) is 0 Å². The molecule has 0 saturated carbocycles. The highest BCUT2D eigenvalue weighted by molar-refractivity contribution is 8.00. The van der Waals surface area contributed by atoms with Gasteiger partial charge in [-0.15, -0.1) is 5.10 Å². The molecule has 1 aliphatic heterocycles. The SMILES string of the molecule is CCc1nnc(N2CCSC(CC)C2)c(C#N)c1CC. The maximum absolute atomic E-state index is 9.55. The lowest BCUT2D eigenvalue weighted by molar-refractivity contribution is 0.707. The van der Waals surface area contributed by atoms with E-state index >= 15 is 0 Å². The minimum atomic E-state index is 0.632. The van der Waals surface area contributed by atoms with Crippen LogP contribution in [0.4, 0.5) is 5.82 Å². The molecule has 2 heterocycles. The van der Waals surface area contributed by atoms with E-state index in [1.54, 1.807) is 0 Å². The van der Waals surface area contributed by atoms with Gasteiger partial charge in [-0.1, -0.05) is 20.8 Å². The molecule has 4 nitrogen and oxygen atoms in total. The van der Waals surface area contributed by atoms with Crippen molar-refractivity contribution in [3.05, 3.63) is 16.8 Å². The number of anilines is 1. The van der Waals surface area contributed by atoms with E-state index in [1.165, 1.54) is 0 Å². The van der Waals surface area contributed by atoms with Crippen LogP contribution in [0.25, 0.3) is 0 Å². The summed E-state index contributed by atoms with van der Waals surface area (Å²) < 4.78 is 0. The number of nitriles is 1. The Hall–Kier alpha value is -1.28. The van der Waals surface area contributed by atoms with Crippen molar-refractivity contribution in [1.29, 1.82) is 5.26 Å². The van der Waals surface area contributed by atoms with Crippen molar-refractivity contribution in [1.82, 2.24) is 10.2 Å². The van der Waals surface area contributed by atoms with Crippen LogP contribution in [0.3, 0.4) is 0 Å². The van der Waals surface area contributed by atoms with Gasteiger partial charge in [-0.3, -0.25) is 0 Å². The molecule has 1 saturated heterocycles. The van der Waals surface area contributed by atoms with E-state index in [0.29, 0.717) is 5.25 Å². The molecule has 20 heavy (non-hydrogen) atoms. The van der Waals surface area contributed by atoms with Gasteiger partial charge in [0.15, 0.2) is 5.82 Å². The van der Waals surface area contributed by atoms with Gasteiger partial charge in [0.2, 0.25) is 0 Å². The van der Waals surface area contributed by atoms with Crippen LogP contribution in [0.5, 0.6) is 0 Å². The Morgan fingerprint density at radius 2 is 2.10 bits per heavy atom. The first-order chi connectivity index (χ1) is 9.74. The second kappa shape index (κ2) is 6.94. The molecule has 108 valence electrons. The van der Waals surface area contributed by atoms with Gasteiger partial charge in [-0.2, -0.15) is 22.1 Å². The van der Waals surface area contributed by atoms with E-state index in [9.17, 15) is 5.26 Å². The summed E-state index contributed by atoms with van der Waals surface area (Å²) in [5, 5.41) is 18.9. The minimum absolute atomic E-state index is 0.632. The van der Waals surface area contributed by atoms with Crippen molar-refractivity contribution < 1.29 is 0 Å². The van der Waals surface area contributed by atoms with E-state index in [4.69, 9.17) is 0 Å². The Labute approximate surface area is 125 Å². The highest BCUT2D eigenvalue weighted by atomic mass is 32.2. The quantitative estimate of drug-likeness (QED) is 0.853. The van der Waals surface area contributed by atoms with Crippen LogP contribution in [0, 0.1) is 11.3 Å². The molecule has 0 N–H and O–H groups in total. The molecule has 0 aromatic carbocycles. The number of aromatic nitrogens is 2. The van der Waals surface area contributed by atoms with Crippen LogP contribution in [-0.4, -0.2) is 34.3 Å². The van der Waals surface area contributed by atoms with Gasteiger partial charge < -0.3 is 4.90 Å². The van der Waals surface area contributed by atoms with Gasteiger partial charge in [-0.05, 0) is 24.8 Å². The Balaban J connectivity index is 2.39. The molecule has 0 aliphatic carbocycles. The zero-order valence-electron chi connectivity index (χ0n) is 12.5. The number of nitrogens with zero attached hydrogens (tertiary/aromatic N) is 4. The standard InChI is InChI=1S/C15H22N4S/c1-4-11-10-19(7-8-20-11)15-13(9-16)12(5-2)14(6-3)17-18-15/h11H,4-8,10H2,1-3H3. The second-order valence-corrected chi connectivity index (χ2v) is 6.40. The van der Waals surface area contributed by atoms with Crippen LogP contribution < -0.4 is 4.90 Å². The molecule has 1 fully saturated rings. The van der Waals surface area contributed by atoms with E-state index in [0.717, 1.165) is 60.7 Å². The maximum Gasteiger partial charge on any atom is 0.169 e. The Bertz CT molecular complexity index is 509.